The first-order valence-electron chi connectivity index (χ1n) is 19.8. The summed E-state index contributed by atoms with van der Waals surface area (Å²) in [6.45, 7) is 25.5. The molecule has 6 aromatic rings. The second kappa shape index (κ2) is 29.0. The van der Waals surface area contributed by atoms with Crippen LogP contribution in [0.4, 0.5) is 0 Å². The fourth-order valence-electron chi connectivity index (χ4n) is 4.43. The van der Waals surface area contributed by atoms with E-state index >= 15 is 0 Å². The van der Waals surface area contributed by atoms with E-state index in [0.717, 1.165) is 27.9 Å². The fraction of sp³-hybridized carbons (Fsp3) is 0.367. The van der Waals surface area contributed by atoms with Gasteiger partial charge in [0, 0.05) is 65.7 Å². The van der Waals surface area contributed by atoms with Crippen molar-refractivity contribution in [3.8, 4) is 6.07 Å². The Labute approximate surface area is 349 Å². The molecule has 0 atom stereocenters. The molecule has 0 fully saturated rings. The van der Waals surface area contributed by atoms with Crippen molar-refractivity contribution in [2.75, 3.05) is 0 Å². The molecule has 2 aromatic carbocycles. The first-order valence-corrected chi connectivity index (χ1v) is 20.1. The smallest absolute Gasteiger partial charge is 0.130 e. The topological polar surface area (TPSA) is 101 Å². The molecule has 0 saturated heterocycles. The molecule has 0 N–H and O–H groups in total. The fourth-order valence-corrected chi connectivity index (χ4v) is 4.56. The van der Waals surface area contributed by atoms with Crippen LogP contribution in [0.25, 0.3) is 0 Å². The van der Waals surface area contributed by atoms with Crippen molar-refractivity contribution in [2.24, 2.45) is 0 Å². The SMILES string of the molecule is CC(C)c1ccc(C#N)cn1.CC(C)c1ccc(Cl)cc1.CC(C)c1ccccc1.CC(C)c1ccccn1.CC(C)c1cnccn1.CC(C)c1ncccn1. The maximum atomic E-state index is 8.48. The number of rotatable bonds is 6. The van der Waals surface area contributed by atoms with Crippen LogP contribution in [0.5, 0.6) is 0 Å². The monoisotopic (exact) mass is 785 g/mol. The zero-order chi connectivity index (χ0) is 42.6. The first kappa shape index (κ1) is 49.7. The summed E-state index contributed by atoms with van der Waals surface area (Å²) >= 11 is 5.72. The first-order chi connectivity index (χ1) is 27.2. The lowest BCUT2D eigenvalue weighted by Crippen LogP contribution is -1.93. The normalized spacial score (nSPS) is 10.1. The zero-order valence-corrected chi connectivity index (χ0v) is 36.9. The average molecular weight is 787 g/mol. The van der Waals surface area contributed by atoms with Gasteiger partial charge in [0.25, 0.3) is 0 Å². The van der Waals surface area contributed by atoms with Crippen LogP contribution in [0.3, 0.4) is 0 Å². The van der Waals surface area contributed by atoms with Crippen molar-refractivity contribution in [1.82, 2.24) is 29.9 Å². The third-order valence-corrected chi connectivity index (χ3v) is 8.32. The van der Waals surface area contributed by atoms with Gasteiger partial charge in [-0.2, -0.15) is 5.26 Å². The summed E-state index contributed by atoms with van der Waals surface area (Å²) in [5.41, 5.74) is 6.62. The van der Waals surface area contributed by atoms with Gasteiger partial charge in [-0.1, -0.05) is 143 Å². The summed E-state index contributed by atoms with van der Waals surface area (Å²) in [7, 11) is 0. The second-order valence-corrected chi connectivity index (χ2v) is 15.4. The molecule has 0 bridgehead atoms. The van der Waals surface area contributed by atoms with E-state index in [9.17, 15) is 0 Å². The van der Waals surface area contributed by atoms with E-state index in [4.69, 9.17) is 16.9 Å². The Bertz CT molecular complexity index is 1700. The highest BCUT2D eigenvalue weighted by atomic mass is 35.5. The van der Waals surface area contributed by atoms with Crippen molar-refractivity contribution >= 4 is 11.6 Å². The summed E-state index contributed by atoms with van der Waals surface area (Å²) in [4.78, 5) is 24.5. The van der Waals surface area contributed by atoms with E-state index in [1.54, 1.807) is 43.2 Å². The van der Waals surface area contributed by atoms with Crippen LogP contribution < -0.4 is 0 Å². The molecule has 4 heterocycles. The predicted octanol–water partition coefficient (Wildman–Crippen LogP) is 13.8. The van der Waals surface area contributed by atoms with E-state index < -0.39 is 0 Å². The van der Waals surface area contributed by atoms with Gasteiger partial charge in [0.2, 0.25) is 0 Å². The molecular weight excluding hydrogens is 722 g/mol. The van der Waals surface area contributed by atoms with Gasteiger partial charge in [-0.05, 0) is 83.2 Å². The Hall–Kier alpha value is -5.32. The average Bonchev–Trinajstić information content (AvgIpc) is 3.23. The molecule has 7 nitrogen and oxygen atoms in total. The number of halogens is 1. The molecule has 57 heavy (non-hydrogen) atoms. The highest BCUT2D eigenvalue weighted by molar-refractivity contribution is 6.30. The molecular formula is C49H64ClN7. The third-order valence-electron chi connectivity index (χ3n) is 8.07. The van der Waals surface area contributed by atoms with E-state index in [1.165, 1.54) is 11.1 Å². The lowest BCUT2D eigenvalue weighted by molar-refractivity contribution is 0.774. The highest BCUT2D eigenvalue weighted by Crippen LogP contribution is 2.17. The van der Waals surface area contributed by atoms with Crippen LogP contribution in [-0.2, 0) is 0 Å². The molecule has 0 aliphatic heterocycles. The van der Waals surface area contributed by atoms with Crippen molar-refractivity contribution in [3.05, 3.63) is 179 Å². The van der Waals surface area contributed by atoms with Crippen molar-refractivity contribution in [3.63, 3.8) is 0 Å². The number of benzene rings is 2. The Morgan fingerprint density at radius 1 is 0.421 bits per heavy atom. The quantitative estimate of drug-likeness (QED) is 0.166. The molecule has 0 saturated carbocycles. The van der Waals surface area contributed by atoms with Crippen LogP contribution in [-0.4, -0.2) is 29.9 Å². The standard InChI is InChI=1S/C9H11Cl.C9H10N2.C9H12.C8H11N.2C7H10N2/c1-7(2)8-3-5-9(10)6-4-8;1-7(2)9-4-3-8(5-10)6-11-9;1-8(2)9-6-4-3-5-7-9;1-7(2)8-5-3-4-6-9-8;1-6(2)7-5-8-3-4-9-7;1-6(2)7-8-4-3-5-9-7/h3-7H,1-2H3;3-4,6-7H,1-2H3;3-8H,1-2H3;3-7H,1-2H3;2*3-6H,1-2H3. The lowest BCUT2D eigenvalue weighted by atomic mass is 10.0. The van der Waals surface area contributed by atoms with Gasteiger partial charge in [0.15, 0.2) is 0 Å². The summed E-state index contributed by atoms with van der Waals surface area (Å²) in [6, 6.07) is 32.0. The van der Waals surface area contributed by atoms with E-state index in [0.29, 0.717) is 41.1 Å². The second-order valence-electron chi connectivity index (χ2n) is 15.0. The number of hydrogen-bond donors (Lipinski definition) is 0. The number of pyridine rings is 2. The van der Waals surface area contributed by atoms with Crippen LogP contribution in [0.1, 0.15) is 158 Å². The summed E-state index contributed by atoms with van der Waals surface area (Å²) in [5.74, 6) is 4.07. The van der Waals surface area contributed by atoms with Gasteiger partial charge in [-0.25, -0.2) is 9.97 Å². The van der Waals surface area contributed by atoms with Gasteiger partial charge in [-0.3, -0.25) is 19.9 Å². The number of nitriles is 1. The van der Waals surface area contributed by atoms with Crippen LogP contribution in [0.15, 0.2) is 134 Å². The van der Waals surface area contributed by atoms with Gasteiger partial charge in [-0.15, -0.1) is 0 Å². The molecule has 302 valence electrons. The maximum absolute atomic E-state index is 8.48. The molecule has 0 radical (unpaired) electrons. The van der Waals surface area contributed by atoms with Gasteiger partial charge >= 0.3 is 0 Å². The Morgan fingerprint density at radius 3 is 1.28 bits per heavy atom. The van der Waals surface area contributed by atoms with Crippen molar-refractivity contribution in [1.29, 1.82) is 5.26 Å². The number of aromatic nitrogens is 6. The van der Waals surface area contributed by atoms with Gasteiger partial charge < -0.3 is 0 Å². The molecule has 4 aromatic heterocycles. The predicted molar refractivity (Wildman–Crippen MR) is 240 cm³/mol. The van der Waals surface area contributed by atoms with Crippen molar-refractivity contribution < 1.29 is 0 Å². The lowest BCUT2D eigenvalue weighted by Gasteiger charge is -2.03. The Kier molecular flexibility index (Phi) is 25.3. The van der Waals surface area contributed by atoms with Gasteiger partial charge in [0.05, 0.1) is 11.3 Å². The zero-order valence-electron chi connectivity index (χ0n) is 36.2. The highest BCUT2D eigenvalue weighted by Gasteiger charge is 2.00. The largest absolute Gasteiger partial charge is 0.261 e. The van der Waals surface area contributed by atoms with Gasteiger partial charge in [0.1, 0.15) is 11.9 Å². The van der Waals surface area contributed by atoms with Crippen LogP contribution in [0, 0.1) is 11.3 Å². The van der Waals surface area contributed by atoms with E-state index in [2.05, 4.69) is 149 Å². The molecule has 8 heteroatoms. The summed E-state index contributed by atoms with van der Waals surface area (Å²) < 4.78 is 0. The molecule has 0 aliphatic rings. The molecule has 0 amide bonds. The van der Waals surface area contributed by atoms with Crippen LogP contribution >= 0.6 is 11.6 Å². The minimum Gasteiger partial charge on any atom is -0.261 e. The van der Waals surface area contributed by atoms with Crippen LogP contribution in [0.2, 0.25) is 5.02 Å². The molecule has 0 aliphatic carbocycles. The minimum atomic E-state index is 0.433. The van der Waals surface area contributed by atoms with E-state index in [1.807, 2.05) is 60.8 Å². The molecule has 6 rings (SSSR count). The minimum absolute atomic E-state index is 0.433. The summed E-state index contributed by atoms with van der Waals surface area (Å²) in [6.07, 6.45) is 12.2. The van der Waals surface area contributed by atoms with E-state index in [-0.39, 0.29) is 0 Å². The maximum Gasteiger partial charge on any atom is 0.130 e. The summed E-state index contributed by atoms with van der Waals surface area (Å²) in [5, 5.41) is 9.29. The Balaban J connectivity index is 0.000000343. The number of hydrogen-bond acceptors (Lipinski definition) is 7. The van der Waals surface area contributed by atoms with Crippen molar-refractivity contribution in [2.45, 2.75) is 119 Å². The number of nitrogens with zero attached hydrogens (tertiary/aromatic N) is 7. The molecule has 0 spiro atoms. The Morgan fingerprint density at radius 2 is 0.930 bits per heavy atom. The third kappa shape index (κ3) is 22.7. The molecule has 0 unspecified atom stereocenters.